The fraction of sp³-hybridized carbons (Fsp3) is 0.316. The summed E-state index contributed by atoms with van der Waals surface area (Å²) in [6.45, 7) is 1.89. The van der Waals surface area contributed by atoms with E-state index in [1.807, 2.05) is 42.5 Å². The number of aliphatic hydroxyl groups is 1. The standard InChI is InChI=1S/C19H22N2O2/c22-18-13-20-11-17(18)12-21-19(23)10-14-6-8-16(9-7-14)15-4-2-1-3-5-15/h1-9,17-18,20,22H,10-13H2,(H,21,23). The first-order valence-corrected chi connectivity index (χ1v) is 8.02. The Morgan fingerprint density at radius 3 is 2.39 bits per heavy atom. The van der Waals surface area contributed by atoms with Gasteiger partial charge in [-0.15, -0.1) is 0 Å². The first kappa shape index (κ1) is 15.7. The van der Waals surface area contributed by atoms with E-state index in [-0.39, 0.29) is 17.9 Å². The molecule has 2 atom stereocenters. The lowest BCUT2D eigenvalue weighted by Gasteiger charge is -2.14. The van der Waals surface area contributed by atoms with E-state index in [4.69, 9.17) is 0 Å². The van der Waals surface area contributed by atoms with E-state index in [2.05, 4.69) is 22.8 Å². The molecule has 1 saturated heterocycles. The third kappa shape index (κ3) is 4.18. The van der Waals surface area contributed by atoms with Gasteiger partial charge in [0.05, 0.1) is 12.5 Å². The summed E-state index contributed by atoms with van der Waals surface area (Å²) in [4.78, 5) is 12.0. The third-order valence-electron chi connectivity index (χ3n) is 4.29. The number of hydrogen-bond acceptors (Lipinski definition) is 3. The summed E-state index contributed by atoms with van der Waals surface area (Å²) >= 11 is 0. The van der Waals surface area contributed by atoms with Gasteiger partial charge in [-0.3, -0.25) is 4.79 Å². The van der Waals surface area contributed by atoms with Crippen LogP contribution in [-0.2, 0) is 11.2 Å². The lowest BCUT2D eigenvalue weighted by atomic mass is 10.0. The van der Waals surface area contributed by atoms with Crippen LogP contribution in [0.4, 0.5) is 0 Å². The molecule has 1 heterocycles. The van der Waals surface area contributed by atoms with Crippen LogP contribution >= 0.6 is 0 Å². The van der Waals surface area contributed by atoms with Crippen LogP contribution in [0.2, 0.25) is 0 Å². The van der Waals surface area contributed by atoms with Gasteiger partial charge >= 0.3 is 0 Å². The number of carbonyl (C=O) groups excluding carboxylic acids is 1. The molecule has 0 radical (unpaired) electrons. The van der Waals surface area contributed by atoms with E-state index in [9.17, 15) is 9.90 Å². The largest absolute Gasteiger partial charge is 0.391 e. The van der Waals surface area contributed by atoms with Gasteiger partial charge in [0.15, 0.2) is 0 Å². The van der Waals surface area contributed by atoms with E-state index in [1.165, 1.54) is 5.56 Å². The number of aliphatic hydroxyl groups excluding tert-OH is 1. The molecule has 120 valence electrons. The number of benzene rings is 2. The van der Waals surface area contributed by atoms with Gasteiger partial charge in [0.2, 0.25) is 5.91 Å². The van der Waals surface area contributed by atoms with Crippen LogP contribution in [0.5, 0.6) is 0 Å². The molecular formula is C19H22N2O2. The van der Waals surface area contributed by atoms with Crippen molar-refractivity contribution in [2.75, 3.05) is 19.6 Å². The maximum absolute atomic E-state index is 12.0. The predicted octanol–water partition coefficient (Wildman–Crippen LogP) is 1.59. The van der Waals surface area contributed by atoms with Gasteiger partial charge < -0.3 is 15.7 Å². The van der Waals surface area contributed by atoms with Gasteiger partial charge in [0.1, 0.15) is 0 Å². The van der Waals surface area contributed by atoms with Crippen LogP contribution in [0.1, 0.15) is 5.56 Å². The highest BCUT2D eigenvalue weighted by Gasteiger charge is 2.24. The average Bonchev–Trinajstić information content (AvgIpc) is 3.00. The molecule has 2 aromatic carbocycles. The van der Waals surface area contributed by atoms with Gasteiger partial charge in [-0.1, -0.05) is 54.6 Å². The number of nitrogens with one attached hydrogen (secondary N) is 2. The summed E-state index contributed by atoms with van der Waals surface area (Å²) in [5.41, 5.74) is 3.31. The average molecular weight is 310 g/mol. The lowest BCUT2D eigenvalue weighted by Crippen LogP contribution is -2.35. The molecule has 3 rings (SSSR count). The second-order valence-corrected chi connectivity index (χ2v) is 6.03. The topological polar surface area (TPSA) is 61.4 Å². The Labute approximate surface area is 136 Å². The molecule has 4 nitrogen and oxygen atoms in total. The van der Waals surface area contributed by atoms with Crippen molar-refractivity contribution in [2.45, 2.75) is 12.5 Å². The molecule has 2 aromatic rings. The minimum atomic E-state index is -0.361. The lowest BCUT2D eigenvalue weighted by molar-refractivity contribution is -0.120. The van der Waals surface area contributed by atoms with E-state index >= 15 is 0 Å². The van der Waals surface area contributed by atoms with Crippen molar-refractivity contribution in [1.29, 1.82) is 0 Å². The molecule has 4 heteroatoms. The molecule has 0 spiro atoms. The molecule has 1 aliphatic heterocycles. The van der Waals surface area contributed by atoms with Crippen molar-refractivity contribution in [3.63, 3.8) is 0 Å². The highest BCUT2D eigenvalue weighted by Crippen LogP contribution is 2.19. The molecule has 3 N–H and O–H groups in total. The Morgan fingerprint density at radius 2 is 1.74 bits per heavy atom. The van der Waals surface area contributed by atoms with E-state index in [1.54, 1.807) is 0 Å². The van der Waals surface area contributed by atoms with Crippen LogP contribution in [0.3, 0.4) is 0 Å². The van der Waals surface area contributed by atoms with Crippen LogP contribution in [-0.4, -0.2) is 36.8 Å². The molecule has 1 amide bonds. The van der Waals surface area contributed by atoms with Crippen molar-refractivity contribution in [3.05, 3.63) is 60.2 Å². The third-order valence-corrected chi connectivity index (χ3v) is 4.29. The maximum Gasteiger partial charge on any atom is 0.224 e. The first-order valence-electron chi connectivity index (χ1n) is 8.02. The number of carbonyl (C=O) groups is 1. The quantitative estimate of drug-likeness (QED) is 0.786. The molecular weight excluding hydrogens is 288 g/mol. The van der Waals surface area contributed by atoms with Gasteiger partial charge in [-0.25, -0.2) is 0 Å². The van der Waals surface area contributed by atoms with Crippen LogP contribution in [0.25, 0.3) is 11.1 Å². The maximum atomic E-state index is 12.0. The van der Waals surface area contributed by atoms with Crippen LogP contribution < -0.4 is 10.6 Å². The minimum absolute atomic E-state index is 0.00318. The van der Waals surface area contributed by atoms with Crippen molar-refractivity contribution in [1.82, 2.24) is 10.6 Å². The van der Waals surface area contributed by atoms with E-state index in [0.717, 1.165) is 17.7 Å². The fourth-order valence-corrected chi connectivity index (χ4v) is 2.87. The molecule has 1 aliphatic rings. The van der Waals surface area contributed by atoms with Crippen molar-refractivity contribution in [3.8, 4) is 11.1 Å². The van der Waals surface area contributed by atoms with Crippen LogP contribution in [0.15, 0.2) is 54.6 Å². The summed E-state index contributed by atoms with van der Waals surface area (Å²) in [5, 5.41) is 15.7. The Hall–Kier alpha value is -2.17. The zero-order chi connectivity index (χ0) is 16.1. The number of hydrogen-bond donors (Lipinski definition) is 3. The Kier molecular flexibility index (Phi) is 5.05. The molecule has 0 bridgehead atoms. The van der Waals surface area contributed by atoms with Gasteiger partial charge in [0, 0.05) is 25.6 Å². The van der Waals surface area contributed by atoms with Crippen molar-refractivity contribution < 1.29 is 9.90 Å². The normalized spacial score (nSPS) is 20.4. The van der Waals surface area contributed by atoms with Crippen molar-refractivity contribution in [2.24, 2.45) is 5.92 Å². The zero-order valence-corrected chi connectivity index (χ0v) is 13.0. The zero-order valence-electron chi connectivity index (χ0n) is 13.0. The SMILES string of the molecule is O=C(Cc1ccc(-c2ccccc2)cc1)NCC1CNCC1O. The minimum Gasteiger partial charge on any atom is -0.391 e. The Bertz CT molecular complexity index is 640. The summed E-state index contributed by atoms with van der Waals surface area (Å²) < 4.78 is 0. The number of rotatable bonds is 5. The smallest absolute Gasteiger partial charge is 0.224 e. The molecule has 2 unspecified atom stereocenters. The fourth-order valence-electron chi connectivity index (χ4n) is 2.87. The monoisotopic (exact) mass is 310 g/mol. The van der Waals surface area contributed by atoms with Gasteiger partial charge in [-0.05, 0) is 16.7 Å². The number of amides is 1. The molecule has 1 fully saturated rings. The molecule has 0 aliphatic carbocycles. The van der Waals surface area contributed by atoms with E-state index in [0.29, 0.717) is 19.5 Å². The summed E-state index contributed by atoms with van der Waals surface area (Å²) in [7, 11) is 0. The van der Waals surface area contributed by atoms with Gasteiger partial charge in [0.25, 0.3) is 0 Å². The van der Waals surface area contributed by atoms with Crippen molar-refractivity contribution >= 4 is 5.91 Å². The summed E-state index contributed by atoms with van der Waals surface area (Å²) in [6.07, 6.45) is 0.00569. The molecule has 0 saturated carbocycles. The molecule has 23 heavy (non-hydrogen) atoms. The Morgan fingerprint density at radius 1 is 1.04 bits per heavy atom. The summed E-state index contributed by atoms with van der Waals surface area (Å²) in [6, 6.07) is 18.3. The van der Waals surface area contributed by atoms with E-state index < -0.39 is 0 Å². The van der Waals surface area contributed by atoms with Crippen LogP contribution in [0, 0.1) is 5.92 Å². The predicted molar refractivity (Wildman–Crippen MR) is 91.0 cm³/mol. The molecule has 0 aromatic heterocycles. The highest BCUT2D eigenvalue weighted by atomic mass is 16.3. The second kappa shape index (κ2) is 7.40. The Balaban J connectivity index is 1.52. The second-order valence-electron chi connectivity index (χ2n) is 6.03. The first-order chi connectivity index (χ1) is 11.2. The highest BCUT2D eigenvalue weighted by molar-refractivity contribution is 5.78. The summed E-state index contributed by atoms with van der Waals surface area (Å²) in [5.74, 6) is 0.107. The number of β-amino-alcohol motifs (C(OH)–C–C–N with tert-alkyl or cyclic N) is 1. The van der Waals surface area contributed by atoms with Gasteiger partial charge in [-0.2, -0.15) is 0 Å².